The van der Waals surface area contributed by atoms with Gasteiger partial charge in [-0.3, -0.25) is 9.48 Å². The van der Waals surface area contributed by atoms with E-state index in [9.17, 15) is 4.79 Å². The molecule has 1 fully saturated rings. The molecule has 6 heteroatoms. The van der Waals surface area contributed by atoms with Crippen molar-refractivity contribution < 1.29 is 9.53 Å². The first-order valence-electron chi connectivity index (χ1n) is 5.02. The Balaban J connectivity index is 2.39. The van der Waals surface area contributed by atoms with Crippen molar-refractivity contribution in [1.29, 1.82) is 0 Å². The minimum absolute atomic E-state index is 0.0237. The molecule has 0 aliphatic carbocycles. The molecule has 0 radical (unpaired) electrons. The molecule has 0 aromatic carbocycles. The monoisotopic (exact) mass is 287 g/mol. The number of hydrogen-bond acceptors (Lipinski definition) is 4. The Labute approximate surface area is 102 Å². The van der Waals surface area contributed by atoms with Crippen molar-refractivity contribution in [3.63, 3.8) is 0 Å². The summed E-state index contributed by atoms with van der Waals surface area (Å²) in [7, 11) is 1.74. The number of aryl methyl sites for hydroxylation is 1. The van der Waals surface area contributed by atoms with Crippen molar-refractivity contribution in [2.24, 2.45) is 18.2 Å². The lowest BCUT2D eigenvalue weighted by molar-refractivity contribution is 0.0756. The van der Waals surface area contributed by atoms with Gasteiger partial charge in [0.25, 0.3) is 0 Å². The van der Waals surface area contributed by atoms with Crippen LogP contribution in [0.5, 0.6) is 0 Å². The second-order valence-corrected chi connectivity index (χ2v) is 5.19. The standard InChI is InChI=1S/C10H14BrN3O2/c1-10(5-16-4-7(10)12)9(15)8-6(11)3-13-14(8)2/h3,7H,4-5,12H2,1-2H3. The maximum absolute atomic E-state index is 12.4. The molecular weight excluding hydrogens is 274 g/mol. The molecule has 16 heavy (non-hydrogen) atoms. The molecule has 88 valence electrons. The highest BCUT2D eigenvalue weighted by Gasteiger charge is 2.46. The molecule has 2 unspecified atom stereocenters. The van der Waals surface area contributed by atoms with Crippen LogP contribution in [0.15, 0.2) is 10.7 Å². The molecule has 1 aromatic heterocycles. The molecule has 1 aliphatic heterocycles. The van der Waals surface area contributed by atoms with Crippen molar-refractivity contribution in [3.8, 4) is 0 Å². The van der Waals surface area contributed by atoms with Gasteiger partial charge in [0.1, 0.15) is 5.69 Å². The van der Waals surface area contributed by atoms with E-state index in [0.717, 1.165) is 0 Å². The number of ether oxygens (including phenoxy) is 1. The van der Waals surface area contributed by atoms with Crippen molar-refractivity contribution in [2.45, 2.75) is 13.0 Å². The molecule has 1 aliphatic rings. The average Bonchev–Trinajstić information content (AvgIpc) is 2.73. The minimum Gasteiger partial charge on any atom is -0.379 e. The number of nitrogens with two attached hydrogens (primary N) is 1. The highest BCUT2D eigenvalue weighted by molar-refractivity contribution is 9.10. The number of hydrogen-bond donors (Lipinski definition) is 1. The van der Waals surface area contributed by atoms with E-state index >= 15 is 0 Å². The summed E-state index contributed by atoms with van der Waals surface area (Å²) in [6.45, 7) is 2.63. The Morgan fingerprint density at radius 2 is 2.50 bits per heavy atom. The van der Waals surface area contributed by atoms with E-state index in [-0.39, 0.29) is 11.8 Å². The summed E-state index contributed by atoms with van der Waals surface area (Å²) in [5, 5.41) is 4.03. The molecule has 2 N–H and O–H groups in total. The Morgan fingerprint density at radius 1 is 1.81 bits per heavy atom. The van der Waals surface area contributed by atoms with Gasteiger partial charge in [-0.05, 0) is 22.9 Å². The third-order valence-corrected chi connectivity index (χ3v) is 3.73. The maximum Gasteiger partial charge on any atom is 0.191 e. The largest absolute Gasteiger partial charge is 0.379 e. The van der Waals surface area contributed by atoms with Crippen LogP contribution in [0.3, 0.4) is 0 Å². The second-order valence-electron chi connectivity index (χ2n) is 4.33. The topological polar surface area (TPSA) is 70.1 Å². The van der Waals surface area contributed by atoms with Gasteiger partial charge in [0, 0.05) is 13.1 Å². The number of aromatic nitrogens is 2. The summed E-state index contributed by atoms with van der Waals surface area (Å²) in [4.78, 5) is 12.4. The molecule has 0 bridgehead atoms. The van der Waals surface area contributed by atoms with Crippen molar-refractivity contribution in [1.82, 2.24) is 9.78 Å². The summed E-state index contributed by atoms with van der Waals surface area (Å²) < 4.78 is 7.53. The van der Waals surface area contributed by atoms with E-state index in [1.54, 1.807) is 17.9 Å². The van der Waals surface area contributed by atoms with Gasteiger partial charge in [0.15, 0.2) is 5.78 Å². The third kappa shape index (κ3) is 1.61. The number of Topliss-reactive ketones (excluding diaryl/α,β-unsaturated/α-hetero) is 1. The zero-order valence-electron chi connectivity index (χ0n) is 9.24. The normalized spacial score (nSPS) is 29.6. The maximum atomic E-state index is 12.4. The van der Waals surface area contributed by atoms with Gasteiger partial charge in [0.05, 0.1) is 29.3 Å². The smallest absolute Gasteiger partial charge is 0.191 e. The van der Waals surface area contributed by atoms with Gasteiger partial charge in [-0.25, -0.2) is 0 Å². The van der Waals surface area contributed by atoms with Crippen LogP contribution in [0.1, 0.15) is 17.4 Å². The zero-order chi connectivity index (χ0) is 11.9. The molecule has 0 spiro atoms. The van der Waals surface area contributed by atoms with E-state index in [4.69, 9.17) is 10.5 Å². The van der Waals surface area contributed by atoms with Gasteiger partial charge >= 0.3 is 0 Å². The number of ketones is 1. The number of nitrogens with zero attached hydrogens (tertiary/aromatic N) is 2. The van der Waals surface area contributed by atoms with Gasteiger partial charge in [-0.1, -0.05) is 0 Å². The fourth-order valence-electron chi connectivity index (χ4n) is 1.86. The predicted molar refractivity (Wildman–Crippen MR) is 62.1 cm³/mol. The Bertz CT molecular complexity index is 412. The van der Waals surface area contributed by atoms with Crippen molar-refractivity contribution in [2.75, 3.05) is 13.2 Å². The van der Waals surface area contributed by atoms with Crippen molar-refractivity contribution in [3.05, 3.63) is 16.4 Å². The molecule has 5 nitrogen and oxygen atoms in total. The van der Waals surface area contributed by atoms with Crippen LogP contribution < -0.4 is 5.73 Å². The molecule has 0 amide bonds. The van der Waals surface area contributed by atoms with Gasteiger partial charge in [-0.15, -0.1) is 0 Å². The number of halogens is 1. The minimum atomic E-state index is -0.656. The van der Waals surface area contributed by atoms with Crippen LogP contribution >= 0.6 is 15.9 Å². The lowest BCUT2D eigenvalue weighted by atomic mass is 9.80. The summed E-state index contributed by atoms with van der Waals surface area (Å²) in [5.74, 6) is -0.0237. The Kier molecular flexibility index (Phi) is 2.90. The van der Waals surface area contributed by atoms with Gasteiger partial charge < -0.3 is 10.5 Å². The lowest BCUT2D eigenvalue weighted by Gasteiger charge is -2.25. The summed E-state index contributed by atoms with van der Waals surface area (Å²) in [6, 6.07) is -0.262. The fourth-order valence-corrected chi connectivity index (χ4v) is 2.39. The van der Waals surface area contributed by atoms with Crippen LogP contribution in [0.25, 0.3) is 0 Å². The van der Waals surface area contributed by atoms with E-state index in [0.29, 0.717) is 23.4 Å². The molecule has 1 aromatic rings. The van der Waals surface area contributed by atoms with Crippen molar-refractivity contribution >= 4 is 21.7 Å². The van der Waals surface area contributed by atoms with E-state index in [1.807, 2.05) is 6.92 Å². The highest BCUT2D eigenvalue weighted by atomic mass is 79.9. The second kappa shape index (κ2) is 3.94. The molecule has 2 atom stereocenters. The van der Waals surface area contributed by atoms with E-state index in [1.165, 1.54) is 0 Å². The average molecular weight is 288 g/mol. The third-order valence-electron chi connectivity index (χ3n) is 3.15. The van der Waals surface area contributed by atoms with Gasteiger partial charge in [0.2, 0.25) is 0 Å². The van der Waals surface area contributed by atoms with Crippen LogP contribution in [0.4, 0.5) is 0 Å². The molecular formula is C10H14BrN3O2. The fraction of sp³-hybridized carbons (Fsp3) is 0.600. The first kappa shape index (κ1) is 11.8. The summed E-state index contributed by atoms with van der Waals surface area (Å²) >= 11 is 3.32. The quantitative estimate of drug-likeness (QED) is 0.814. The lowest BCUT2D eigenvalue weighted by Crippen LogP contribution is -2.45. The van der Waals surface area contributed by atoms with E-state index in [2.05, 4.69) is 21.0 Å². The first-order chi connectivity index (χ1) is 7.47. The van der Waals surface area contributed by atoms with Gasteiger partial charge in [-0.2, -0.15) is 5.10 Å². The number of rotatable bonds is 2. The Morgan fingerprint density at radius 3 is 2.94 bits per heavy atom. The molecule has 2 rings (SSSR count). The van der Waals surface area contributed by atoms with Crippen LogP contribution in [-0.4, -0.2) is 34.8 Å². The predicted octanol–water partition coefficient (Wildman–Crippen LogP) is 0.729. The van der Waals surface area contributed by atoms with Crippen LogP contribution in [0.2, 0.25) is 0 Å². The number of carbonyl (C=O) groups excluding carboxylic acids is 1. The summed E-state index contributed by atoms with van der Waals surface area (Å²) in [6.07, 6.45) is 1.61. The molecule has 2 heterocycles. The Hall–Kier alpha value is -0.720. The van der Waals surface area contributed by atoms with Crippen LogP contribution in [-0.2, 0) is 11.8 Å². The molecule has 1 saturated heterocycles. The SMILES string of the molecule is Cn1ncc(Br)c1C(=O)C1(C)COCC1N. The summed E-state index contributed by atoms with van der Waals surface area (Å²) in [5.41, 5.74) is 5.82. The van der Waals surface area contributed by atoms with Crippen LogP contribution in [0, 0.1) is 5.41 Å². The first-order valence-corrected chi connectivity index (χ1v) is 5.81. The molecule has 0 saturated carbocycles. The number of carbonyl (C=O) groups is 1. The van der Waals surface area contributed by atoms with E-state index < -0.39 is 5.41 Å². The highest BCUT2D eigenvalue weighted by Crippen LogP contribution is 2.33. The zero-order valence-corrected chi connectivity index (χ0v) is 10.8.